The second kappa shape index (κ2) is 9.95. The first-order chi connectivity index (χ1) is 18.2. The first kappa shape index (κ1) is 24.9. The molecule has 0 radical (unpaired) electrons. The molecule has 1 aliphatic rings. The van der Waals surface area contributed by atoms with E-state index in [0.29, 0.717) is 58.7 Å². The molecule has 1 aliphatic heterocycles. The highest BCUT2D eigenvalue weighted by atomic mass is 19.1. The van der Waals surface area contributed by atoms with Crippen LogP contribution in [0.25, 0.3) is 16.9 Å². The van der Waals surface area contributed by atoms with E-state index < -0.39 is 17.7 Å². The Morgan fingerprint density at radius 1 is 1.21 bits per heavy atom. The largest absolute Gasteiger partial charge is 0.484 e. The van der Waals surface area contributed by atoms with Crippen LogP contribution in [-0.4, -0.2) is 62.1 Å². The van der Waals surface area contributed by atoms with Gasteiger partial charge in [-0.3, -0.25) is 9.78 Å². The fourth-order valence-corrected chi connectivity index (χ4v) is 3.82. The molecule has 0 spiro atoms. The summed E-state index contributed by atoms with van der Waals surface area (Å²) in [7, 11) is 0. The van der Waals surface area contributed by atoms with E-state index in [9.17, 15) is 14.3 Å². The lowest BCUT2D eigenvalue weighted by atomic mass is 10.0. The molecule has 1 atom stereocenters. The van der Waals surface area contributed by atoms with Crippen LogP contribution in [0.5, 0.6) is 11.6 Å². The van der Waals surface area contributed by atoms with E-state index in [-0.39, 0.29) is 12.1 Å². The van der Waals surface area contributed by atoms with Crippen molar-refractivity contribution in [1.82, 2.24) is 24.9 Å². The molecule has 0 saturated carbocycles. The number of pyridine rings is 2. The average molecular weight is 518 g/mol. The second-order valence-electron chi connectivity index (χ2n) is 9.21. The van der Waals surface area contributed by atoms with E-state index in [1.54, 1.807) is 41.0 Å². The summed E-state index contributed by atoms with van der Waals surface area (Å²) in [6.45, 7) is 3.07. The van der Waals surface area contributed by atoms with Crippen molar-refractivity contribution in [3.63, 3.8) is 0 Å². The molecule has 194 valence electrons. The Labute approximate surface area is 216 Å². The summed E-state index contributed by atoms with van der Waals surface area (Å²) < 4.78 is 27.0. The topological polar surface area (TPSA) is 147 Å². The lowest BCUT2D eigenvalue weighted by molar-refractivity contribution is -0.00177. The molecule has 3 N–H and O–H groups in total. The third-order valence-corrected chi connectivity index (χ3v) is 5.93. The molecule has 4 aromatic heterocycles. The molecule has 1 unspecified atom stereocenters. The number of aliphatic hydroxyl groups is 1. The van der Waals surface area contributed by atoms with Crippen molar-refractivity contribution < 1.29 is 23.8 Å². The van der Waals surface area contributed by atoms with Crippen molar-refractivity contribution in [3.05, 3.63) is 60.0 Å². The Hall–Kier alpha value is -4.76. The van der Waals surface area contributed by atoms with Gasteiger partial charge in [0.2, 0.25) is 0 Å². The van der Waals surface area contributed by atoms with Crippen molar-refractivity contribution in [2.24, 2.45) is 0 Å². The van der Waals surface area contributed by atoms with Crippen molar-refractivity contribution >= 4 is 22.8 Å². The van der Waals surface area contributed by atoms with Crippen molar-refractivity contribution in [1.29, 1.82) is 5.26 Å². The number of carbonyl (C=O) groups excluding carboxylic acids is 1. The van der Waals surface area contributed by atoms with Crippen LogP contribution in [0.2, 0.25) is 0 Å². The predicted octanol–water partition coefficient (Wildman–Crippen LogP) is 3.02. The maximum atomic E-state index is 14.3. The van der Waals surface area contributed by atoms with Crippen molar-refractivity contribution in [2.45, 2.75) is 25.6 Å². The molecular weight excluding hydrogens is 493 g/mol. The highest BCUT2D eigenvalue weighted by Crippen LogP contribution is 2.33. The van der Waals surface area contributed by atoms with Crippen LogP contribution in [-0.2, 0) is 0 Å². The molecule has 4 aromatic rings. The summed E-state index contributed by atoms with van der Waals surface area (Å²) in [6.07, 6.45) is 2.69. The van der Waals surface area contributed by atoms with Crippen molar-refractivity contribution in [3.8, 4) is 29.1 Å². The minimum absolute atomic E-state index is 0.146. The lowest BCUT2D eigenvalue weighted by Gasteiger charge is -2.22. The molecular formula is C26H24FN7O4. The van der Waals surface area contributed by atoms with E-state index in [0.717, 1.165) is 0 Å². The first-order valence-electron chi connectivity index (χ1n) is 11.8. The first-order valence-corrected chi connectivity index (χ1v) is 11.8. The van der Waals surface area contributed by atoms with Gasteiger partial charge in [0.25, 0.3) is 11.8 Å². The number of nitriles is 1. The van der Waals surface area contributed by atoms with E-state index >= 15 is 0 Å². The van der Waals surface area contributed by atoms with Gasteiger partial charge in [-0.1, -0.05) is 0 Å². The molecule has 0 saturated heterocycles. The zero-order valence-corrected chi connectivity index (χ0v) is 20.6. The predicted molar refractivity (Wildman–Crippen MR) is 135 cm³/mol. The molecule has 38 heavy (non-hydrogen) atoms. The van der Waals surface area contributed by atoms with Gasteiger partial charge in [0.15, 0.2) is 5.75 Å². The Kier molecular flexibility index (Phi) is 6.52. The highest BCUT2D eigenvalue weighted by molar-refractivity contribution is 6.00. The summed E-state index contributed by atoms with van der Waals surface area (Å²) in [6, 6.07) is 10.7. The van der Waals surface area contributed by atoms with Crippen LogP contribution in [0, 0.1) is 11.3 Å². The second-order valence-corrected chi connectivity index (χ2v) is 9.21. The monoisotopic (exact) mass is 517 g/mol. The molecule has 5 heterocycles. The smallest absolute Gasteiger partial charge is 0.257 e. The number of alkyl halides is 1. The summed E-state index contributed by atoms with van der Waals surface area (Å²) >= 11 is 0. The van der Waals surface area contributed by atoms with E-state index in [1.807, 2.05) is 0 Å². The number of hydrogen-bond acceptors (Lipinski definition) is 9. The maximum absolute atomic E-state index is 14.3. The lowest BCUT2D eigenvalue weighted by Crippen LogP contribution is -2.42. The number of rotatable bonds is 7. The fourth-order valence-electron chi connectivity index (χ4n) is 3.82. The molecule has 0 aromatic carbocycles. The summed E-state index contributed by atoms with van der Waals surface area (Å²) in [4.78, 5) is 21.8. The minimum Gasteiger partial charge on any atom is -0.484 e. The normalized spacial score (nSPS) is 13.6. The molecule has 0 aliphatic carbocycles. The number of halogens is 1. The molecule has 0 bridgehead atoms. The quantitative estimate of drug-likeness (QED) is 0.337. The minimum atomic E-state index is -1.67. The van der Waals surface area contributed by atoms with Gasteiger partial charge in [0.05, 0.1) is 63.9 Å². The van der Waals surface area contributed by atoms with Gasteiger partial charge in [-0.15, -0.1) is 0 Å². The van der Waals surface area contributed by atoms with Crippen molar-refractivity contribution in [2.75, 3.05) is 25.1 Å². The molecule has 11 nitrogen and oxygen atoms in total. The molecule has 1 amide bonds. The van der Waals surface area contributed by atoms with E-state index in [4.69, 9.17) is 14.7 Å². The average Bonchev–Trinajstić information content (AvgIpc) is 3.34. The van der Waals surface area contributed by atoms with Gasteiger partial charge < -0.3 is 25.2 Å². The number of hydrogen-bond donors (Lipinski definition) is 3. The Morgan fingerprint density at radius 3 is 2.82 bits per heavy atom. The van der Waals surface area contributed by atoms with E-state index in [2.05, 4.69) is 31.8 Å². The number of aromatic nitrogens is 4. The molecule has 12 heteroatoms. The zero-order valence-electron chi connectivity index (χ0n) is 20.6. The standard InChI is InChI=1S/C26H24FN7O4/c1-26(2,36)23(27)14-30-24(35)18-13-29-20(21-4-3-17-7-15(10-28)11-32-34(17)21)9-19(18)33-16-8-22-25(31-12-16)38-6-5-37-22/h3-4,7-9,11-13,23,36H,5-6,14H2,1-2H3,(H,29,33)(H,30,35). The van der Waals surface area contributed by atoms with Crippen LogP contribution in [0.4, 0.5) is 15.8 Å². The number of nitrogens with zero attached hydrogens (tertiary/aromatic N) is 5. The number of carbonyl (C=O) groups is 1. The summed E-state index contributed by atoms with van der Waals surface area (Å²) in [5.41, 5.74) is 1.68. The van der Waals surface area contributed by atoms with Crippen LogP contribution in [0.1, 0.15) is 29.8 Å². The van der Waals surface area contributed by atoms with Gasteiger partial charge in [0, 0.05) is 12.3 Å². The van der Waals surface area contributed by atoms with Crippen LogP contribution in [0.15, 0.2) is 48.9 Å². The van der Waals surface area contributed by atoms with Gasteiger partial charge in [-0.25, -0.2) is 13.9 Å². The van der Waals surface area contributed by atoms with Crippen LogP contribution < -0.4 is 20.1 Å². The number of nitrogens with one attached hydrogen (secondary N) is 2. The maximum Gasteiger partial charge on any atom is 0.257 e. The zero-order chi connectivity index (χ0) is 26.9. The van der Waals surface area contributed by atoms with Crippen LogP contribution >= 0.6 is 0 Å². The molecule has 5 rings (SSSR count). The summed E-state index contributed by atoms with van der Waals surface area (Å²) in [5.74, 6) is 0.251. The molecule has 0 fully saturated rings. The number of amides is 1. The number of anilines is 2. The Morgan fingerprint density at radius 2 is 2.03 bits per heavy atom. The SMILES string of the molecule is CC(C)(O)C(F)CNC(=O)c1cnc(-c2ccc3cc(C#N)cnn23)cc1Nc1cnc2c(c1)OCCO2. The fraction of sp³-hybridized carbons (Fsp3) is 0.269. The Balaban J connectivity index is 1.51. The third kappa shape index (κ3) is 5.05. The van der Waals surface area contributed by atoms with Gasteiger partial charge >= 0.3 is 0 Å². The van der Waals surface area contributed by atoms with E-state index in [1.165, 1.54) is 26.2 Å². The number of fused-ring (bicyclic) bond motifs is 2. The number of ether oxygens (including phenoxy) is 2. The Bertz CT molecular complexity index is 1560. The highest BCUT2D eigenvalue weighted by Gasteiger charge is 2.27. The third-order valence-electron chi connectivity index (χ3n) is 5.93. The van der Waals surface area contributed by atoms with Gasteiger partial charge in [-0.2, -0.15) is 10.4 Å². The van der Waals surface area contributed by atoms with Crippen LogP contribution in [0.3, 0.4) is 0 Å². The summed E-state index contributed by atoms with van der Waals surface area (Å²) in [5, 5.41) is 29.0. The van der Waals surface area contributed by atoms with Gasteiger partial charge in [0.1, 0.15) is 25.5 Å². The van der Waals surface area contributed by atoms with Gasteiger partial charge in [-0.05, 0) is 38.1 Å².